The second kappa shape index (κ2) is 7.07. The number of carbonyl (C=O) groups excluding carboxylic acids is 3. The Kier molecular flexibility index (Phi) is 4.97. The summed E-state index contributed by atoms with van der Waals surface area (Å²) in [6, 6.07) is 6.74. The fourth-order valence-electron chi connectivity index (χ4n) is 2.74. The van der Waals surface area contributed by atoms with Gasteiger partial charge in [0.2, 0.25) is 11.0 Å². The van der Waals surface area contributed by atoms with Gasteiger partial charge in [-0.1, -0.05) is 55.0 Å². The highest BCUT2D eigenvalue weighted by Gasteiger charge is 2.49. The molecule has 1 aliphatic rings. The van der Waals surface area contributed by atoms with Crippen molar-refractivity contribution in [1.82, 2.24) is 20.4 Å². The van der Waals surface area contributed by atoms with E-state index in [4.69, 9.17) is 0 Å². The zero-order valence-corrected chi connectivity index (χ0v) is 16.4. The van der Waals surface area contributed by atoms with Gasteiger partial charge in [0, 0.05) is 5.92 Å². The molecule has 142 valence electrons. The molecule has 9 heteroatoms. The first-order valence-electron chi connectivity index (χ1n) is 8.55. The number of aromatic nitrogens is 2. The van der Waals surface area contributed by atoms with Crippen LogP contribution < -0.4 is 10.6 Å². The molecule has 2 N–H and O–H groups in total. The molecular weight excluding hydrogens is 366 g/mol. The Labute approximate surface area is 161 Å². The maximum atomic E-state index is 12.8. The van der Waals surface area contributed by atoms with Gasteiger partial charge >= 0.3 is 6.03 Å². The summed E-state index contributed by atoms with van der Waals surface area (Å²) < 4.78 is 0. The van der Waals surface area contributed by atoms with Gasteiger partial charge in [-0.25, -0.2) is 4.79 Å². The number of rotatable bonds is 5. The summed E-state index contributed by atoms with van der Waals surface area (Å²) in [7, 11) is 0. The minimum atomic E-state index is -1.20. The molecule has 1 fully saturated rings. The van der Waals surface area contributed by atoms with Gasteiger partial charge in [-0.05, 0) is 19.4 Å². The normalized spacial score (nSPS) is 19.5. The van der Waals surface area contributed by atoms with Crippen LogP contribution in [0, 0.1) is 6.92 Å². The number of benzene rings is 1. The number of nitrogens with one attached hydrogen (secondary N) is 2. The fraction of sp³-hybridized carbons (Fsp3) is 0.389. The summed E-state index contributed by atoms with van der Waals surface area (Å²) in [6.07, 6.45) is 0. The van der Waals surface area contributed by atoms with E-state index in [0.717, 1.165) is 15.5 Å². The van der Waals surface area contributed by atoms with Gasteiger partial charge in [0.25, 0.3) is 5.91 Å². The Morgan fingerprint density at radius 2 is 1.93 bits per heavy atom. The third-order valence-electron chi connectivity index (χ3n) is 4.39. The van der Waals surface area contributed by atoms with Crippen LogP contribution in [0.15, 0.2) is 24.3 Å². The summed E-state index contributed by atoms with van der Waals surface area (Å²) in [4.78, 5) is 38.4. The fourth-order valence-corrected chi connectivity index (χ4v) is 3.51. The van der Waals surface area contributed by atoms with Gasteiger partial charge in [-0.3, -0.25) is 19.8 Å². The molecule has 0 saturated carbocycles. The second-order valence-corrected chi connectivity index (χ2v) is 7.97. The lowest BCUT2D eigenvalue weighted by atomic mass is 9.91. The van der Waals surface area contributed by atoms with E-state index in [0.29, 0.717) is 10.7 Å². The van der Waals surface area contributed by atoms with Crippen LogP contribution in [-0.2, 0) is 15.1 Å². The Hall–Kier alpha value is -2.81. The molecule has 1 aromatic heterocycles. The first-order valence-corrected chi connectivity index (χ1v) is 9.37. The van der Waals surface area contributed by atoms with Crippen molar-refractivity contribution < 1.29 is 14.4 Å². The second-order valence-electron chi connectivity index (χ2n) is 6.96. The van der Waals surface area contributed by atoms with Crippen LogP contribution in [0.4, 0.5) is 9.93 Å². The average molecular weight is 387 g/mol. The van der Waals surface area contributed by atoms with E-state index in [9.17, 15) is 14.4 Å². The van der Waals surface area contributed by atoms with Crippen molar-refractivity contribution in [3.8, 4) is 0 Å². The van der Waals surface area contributed by atoms with Crippen LogP contribution in [-0.4, -0.2) is 39.5 Å². The molecule has 0 spiro atoms. The SMILES string of the molecule is Cc1ccc(C2(C)NC(=O)N(CC(=O)Nc3nnc(C(C)C)s3)C2=O)cc1. The van der Waals surface area contributed by atoms with Crippen molar-refractivity contribution in [2.45, 2.75) is 39.2 Å². The summed E-state index contributed by atoms with van der Waals surface area (Å²) in [5, 5.41) is 14.3. The van der Waals surface area contributed by atoms with Crippen LogP contribution in [0.3, 0.4) is 0 Å². The van der Waals surface area contributed by atoms with Crippen LogP contribution in [0.5, 0.6) is 0 Å². The standard InChI is InChI=1S/C18H21N5O3S/c1-10(2)14-21-22-16(27-14)19-13(24)9-23-15(25)18(4,20-17(23)26)12-7-5-11(3)6-8-12/h5-8,10H,9H2,1-4H3,(H,20,26)(H,19,22,24). The highest BCUT2D eigenvalue weighted by atomic mass is 32.1. The van der Waals surface area contributed by atoms with E-state index < -0.39 is 23.4 Å². The molecule has 0 aliphatic carbocycles. The average Bonchev–Trinajstić information content (AvgIpc) is 3.15. The third kappa shape index (κ3) is 3.68. The highest BCUT2D eigenvalue weighted by molar-refractivity contribution is 7.15. The number of imide groups is 1. The zero-order valence-electron chi connectivity index (χ0n) is 15.6. The minimum absolute atomic E-state index is 0.203. The van der Waals surface area contributed by atoms with Gasteiger partial charge in [0.1, 0.15) is 17.1 Å². The van der Waals surface area contributed by atoms with Gasteiger partial charge in [0.05, 0.1) is 0 Å². The number of carbonyl (C=O) groups is 3. The van der Waals surface area contributed by atoms with E-state index in [1.807, 2.05) is 32.9 Å². The van der Waals surface area contributed by atoms with Crippen molar-refractivity contribution in [2.75, 3.05) is 11.9 Å². The van der Waals surface area contributed by atoms with Gasteiger partial charge in [-0.2, -0.15) is 0 Å². The van der Waals surface area contributed by atoms with E-state index in [1.54, 1.807) is 19.1 Å². The van der Waals surface area contributed by atoms with E-state index in [-0.39, 0.29) is 12.5 Å². The van der Waals surface area contributed by atoms with Crippen LogP contribution in [0.25, 0.3) is 0 Å². The summed E-state index contributed by atoms with van der Waals surface area (Å²) in [5.41, 5.74) is 0.520. The molecule has 1 aliphatic heterocycles. The van der Waals surface area contributed by atoms with Crippen molar-refractivity contribution >= 4 is 34.3 Å². The molecular formula is C18H21N5O3S. The molecule has 1 unspecified atom stereocenters. The number of urea groups is 1. The first-order chi connectivity index (χ1) is 12.7. The van der Waals surface area contributed by atoms with E-state index in [2.05, 4.69) is 20.8 Å². The van der Waals surface area contributed by atoms with Gasteiger partial charge in [-0.15, -0.1) is 10.2 Å². The predicted octanol–water partition coefficient (Wildman–Crippen LogP) is 2.38. The van der Waals surface area contributed by atoms with E-state index in [1.165, 1.54) is 11.3 Å². The lowest BCUT2D eigenvalue weighted by Gasteiger charge is -2.22. The molecule has 2 heterocycles. The molecule has 1 atom stereocenters. The van der Waals surface area contributed by atoms with Gasteiger partial charge in [0.15, 0.2) is 0 Å². The summed E-state index contributed by atoms with van der Waals surface area (Å²) in [5.74, 6) is -0.765. The van der Waals surface area contributed by atoms with Crippen molar-refractivity contribution in [2.24, 2.45) is 0 Å². The molecule has 0 bridgehead atoms. The maximum absolute atomic E-state index is 12.8. The first kappa shape index (κ1) is 19.0. The molecule has 4 amide bonds. The van der Waals surface area contributed by atoms with Crippen LogP contribution >= 0.6 is 11.3 Å². The molecule has 0 radical (unpaired) electrons. The number of anilines is 1. The van der Waals surface area contributed by atoms with Crippen molar-refractivity contribution in [1.29, 1.82) is 0 Å². The number of amides is 4. The predicted molar refractivity (Wildman–Crippen MR) is 101 cm³/mol. The molecule has 3 rings (SSSR count). The third-order valence-corrected chi connectivity index (χ3v) is 5.53. The monoisotopic (exact) mass is 387 g/mol. The molecule has 1 saturated heterocycles. The zero-order chi connectivity index (χ0) is 19.8. The van der Waals surface area contributed by atoms with Gasteiger partial charge < -0.3 is 5.32 Å². The number of hydrogen-bond acceptors (Lipinski definition) is 6. The Morgan fingerprint density at radius 3 is 2.52 bits per heavy atom. The number of hydrogen-bond donors (Lipinski definition) is 2. The lowest BCUT2D eigenvalue weighted by Crippen LogP contribution is -2.42. The van der Waals surface area contributed by atoms with E-state index >= 15 is 0 Å². The number of nitrogens with zero attached hydrogens (tertiary/aromatic N) is 3. The Balaban J connectivity index is 1.71. The topological polar surface area (TPSA) is 104 Å². The Bertz CT molecular complexity index is 893. The lowest BCUT2D eigenvalue weighted by molar-refractivity contribution is -0.133. The highest BCUT2D eigenvalue weighted by Crippen LogP contribution is 2.29. The van der Waals surface area contributed by atoms with Crippen LogP contribution in [0.1, 0.15) is 42.8 Å². The number of aryl methyl sites for hydroxylation is 1. The van der Waals surface area contributed by atoms with Crippen molar-refractivity contribution in [3.63, 3.8) is 0 Å². The molecule has 27 heavy (non-hydrogen) atoms. The minimum Gasteiger partial charge on any atom is -0.319 e. The largest absolute Gasteiger partial charge is 0.325 e. The van der Waals surface area contributed by atoms with Crippen LogP contribution in [0.2, 0.25) is 0 Å². The quantitative estimate of drug-likeness (QED) is 0.767. The van der Waals surface area contributed by atoms with Crippen molar-refractivity contribution in [3.05, 3.63) is 40.4 Å². The smallest absolute Gasteiger partial charge is 0.319 e. The molecule has 2 aromatic rings. The maximum Gasteiger partial charge on any atom is 0.325 e. The Morgan fingerprint density at radius 1 is 1.26 bits per heavy atom. The molecule has 1 aromatic carbocycles. The summed E-state index contributed by atoms with van der Waals surface area (Å²) >= 11 is 1.27. The molecule has 8 nitrogen and oxygen atoms in total. The summed E-state index contributed by atoms with van der Waals surface area (Å²) in [6.45, 7) is 7.14.